The van der Waals surface area contributed by atoms with E-state index in [-0.39, 0.29) is 0 Å². The molecule has 0 aliphatic heterocycles. The van der Waals surface area contributed by atoms with Crippen molar-refractivity contribution in [3.8, 4) is 0 Å². The molecule has 2 aromatic rings. The first-order chi connectivity index (χ1) is 8.20. The number of hydrogen-bond donors (Lipinski definition) is 1. The van der Waals surface area contributed by atoms with E-state index in [1.165, 1.54) is 0 Å². The van der Waals surface area contributed by atoms with Gasteiger partial charge >= 0.3 is 0 Å². The Morgan fingerprint density at radius 2 is 2.00 bits per heavy atom. The standard InChI is InChI=1S/C12H13Cl2N3/c1-15-5-9-6-16-17(7-9)8-10-11(13)3-2-4-12(10)14/h2-4,6-7,15H,5,8H2,1H3. The molecule has 1 aromatic carbocycles. The van der Waals surface area contributed by atoms with Crippen molar-refractivity contribution >= 4 is 23.2 Å². The summed E-state index contributed by atoms with van der Waals surface area (Å²) in [5, 5.41) is 8.69. The average molecular weight is 270 g/mol. The lowest BCUT2D eigenvalue weighted by atomic mass is 10.2. The molecule has 5 heteroatoms. The Morgan fingerprint density at radius 3 is 2.65 bits per heavy atom. The molecule has 1 N–H and O–H groups in total. The Morgan fingerprint density at radius 1 is 1.29 bits per heavy atom. The van der Waals surface area contributed by atoms with Crippen molar-refractivity contribution in [1.29, 1.82) is 0 Å². The highest BCUT2D eigenvalue weighted by Crippen LogP contribution is 2.24. The third-order valence-electron chi connectivity index (χ3n) is 2.45. The van der Waals surface area contributed by atoms with Gasteiger partial charge in [-0.2, -0.15) is 5.10 Å². The van der Waals surface area contributed by atoms with Gasteiger partial charge in [0.25, 0.3) is 0 Å². The van der Waals surface area contributed by atoms with Gasteiger partial charge in [0.2, 0.25) is 0 Å². The molecule has 2 rings (SSSR count). The molecule has 3 nitrogen and oxygen atoms in total. The minimum atomic E-state index is 0.586. The van der Waals surface area contributed by atoms with Crippen LogP contribution in [0.1, 0.15) is 11.1 Å². The molecule has 0 radical (unpaired) electrons. The molecule has 0 fully saturated rings. The minimum Gasteiger partial charge on any atom is -0.316 e. The second-order valence-corrected chi connectivity index (χ2v) is 4.59. The Hall–Kier alpha value is -1.03. The van der Waals surface area contributed by atoms with Gasteiger partial charge in [0.05, 0.1) is 12.7 Å². The lowest BCUT2D eigenvalue weighted by molar-refractivity contribution is 0.685. The molecule has 0 saturated heterocycles. The molecule has 1 aromatic heterocycles. The molecule has 0 saturated carbocycles. The van der Waals surface area contributed by atoms with Crippen LogP contribution in [0.4, 0.5) is 0 Å². The summed E-state index contributed by atoms with van der Waals surface area (Å²) in [6.45, 7) is 1.39. The molecule has 0 atom stereocenters. The quantitative estimate of drug-likeness (QED) is 0.925. The summed E-state index contributed by atoms with van der Waals surface area (Å²) in [5.41, 5.74) is 2.03. The molecule has 90 valence electrons. The van der Waals surface area contributed by atoms with E-state index >= 15 is 0 Å². The zero-order valence-electron chi connectivity index (χ0n) is 9.45. The topological polar surface area (TPSA) is 29.9 Å². The van der Waals surface area contributed by atoms with Crippen LogP contribution in [0.15, 0.2) is 30.6 Å². The highest BCUT2D eigenvalue weighted by molar-refractivity contribution is 6.35. The van der Waals surface area contributed by atoms with Crippen molar-refractivity contribution in [1.82, 2.24) is 15.1 Å². The van der Waals surface area contributed by atoms with E-state index in [4.69, 9.17) is 23.2 Å². The van der Waals surface area contributed by atoms with Crippen molar-refractivity contribution in [2.24, 2.45) is 0 Å². The zero-order chi connectivity index (χ0) is 12.3. The summed E-state index contributed by atoms with van der Waals surface area (Å²) in [4.78, 5) is 0. The molecule has 0 bridgehead atoms. The van der Waals surface area contributed by atoms with Crippen LogP contribution < -0.4 is 5.32 Å². The van der Waals surface area contributed by atoms with Gasteiger partial charge in [-0.25, -0.2) is 0 Å². The van der Waals surface area contributed by atoms with Gasteiger partial charge in [-0.1, -0.05) is 29.3 Å². The second kappa shape index (κ2) is 5.54. The fourth-order valence-electron chi connectivity index (χ4n) is 1.63. The third-order valence-corrected chi connectivity index (χ3v) is 3.16. The molecular formula is C12H13Cl2N3. The smallest absolute Gasteiger partial charge is 0.0688 e. The summed E-state index contributed by atoms with van der Waals surface area (Å²) in [5.74, 6) is 0. The summed E-state index contributed by atoms with van der Waals surface area (Å²) in [6.07, 6.45) is 3.82. The fraction of sp³-hybridized carbons (Fsp3) is 0.250. The van der Waals surface area contributed by atoms with Crippen LogP contribution in [-0.4, -0.2) is 16.8 Å². The van der Waals surface area contributed by atoms with E-state index in [0.717, 1.165) is 17.7 Å². The number of aromatic nitrogens is 2. The Labute approximate surface area is 110 Å². The maximum absolute atomic E-state index is 6.11. The van der Waals surface area contributed by atoms with Gasteiger partial charge in [-0.05, 0) is 19.2 Å². The zero-order valence-corrected chi connectivity index (χ0v) is 11.0. The van der Waals surface area contributed by atoms with Crippen LogP contribution in [0, 0.1) is 0 Å². The molecule has 17 heavy (non-hydrogen) atoms. The van der Waals surface area contributed by atoms with E-state index in [1.54, 1.807) is 0 Å². The molecule has 0 unspecified atom stereocenters. The van der Waals surface area contributed by atoms with Crippen LogP contribution in [0.5, 0.6) is 0 Å². The second-order valence-electron chi connectivity index (χ2n) is 3.78. The summed E-state index contributed by atoms with van der Waals surface area (Å²) in [6, 6.07) is 5.51. The SMILES string of the molecule is CNCc1cnn(Cc2c(Cl)cccc2Cl)c1. The van der Waals surface area contributed by atoms with Crippen molar-refractivity contribution in [2.75, 3.05) is 7.05 Å². The van der Waals surface area contributed by atoms with Gasteiger partial charge < -0.3 is 5.32 Å². The van der Waals surface area contributed by atoms with Crippen molar-refractivity contribution in [3.63, 3.8) is 0 Å². The highest BCUT2D eigenvalue weighted by atomic mass is 35.5. The fourth-order valence-corrected chi connectivity index (χ4v) is 2.15. The van der Waals surface area contributed by atoms with Crippen molar-refractivity contribution in [2.45, 2.75) is 13.1 Å². The predicted molar refractivity (Wildman–Crippen MR) is 70.6 cm³/mol. The lowest BCUT2D eigenvalue weighted by Crippen LogP contribution is -2.04. The third kappa shape index (κ3) is 3.00. The minimum absolute atomic E-state index is 0.586. The highest BCUT2D eigenvalue weighted by Gasteiger charge is 2.07. The maximum atomic E-state index is 6.11. The largest absolute Gasteiger partial charge is 0.316 e. The van der Waals surface area contributed by atoms with Crippen molar-refractivity contribution < 1.29 is 0 Å². The van der Waals surface area contributed by atoms with Crippen LogP contribution in [0.25, 0.3) is 0 Å². The number of rotatable bonds is 4. The number of halogens is 2. The maximum Gasteiger partial charge on any atom is 0.0688 e. The monoisotopic (exact) mass is 269 g/mol. The predicted octanol–water partition coefficient (Wildman–Crippen LogP) is 2.96. The number of benzene rings is 1. The number of nitrogens with one attached hydrogen (secondary N) is 1. The van der Waals surface area contributed by atoms with E-state index in [0.29, 0.717) is 16.6 Å². The Kier molecular flexibility index (Phi) is 4.05. The number of hydrogen-bond acceptors (Lipinski definition) is 2. The first kappa shape index (κ1) is 12.4. The summed E-state index contributed by atoms with van der Waals surface area (Å²) in [7, 11) is 1.91. The summed E-state index contributed by atoms with van der Waals surface area (Å²) < 4.78 is 1.83. The lowest BCUT2D eigenvalue weighted by Gasteiger charge is -2.06. The molecule has 0 amide bonds. The normalized spacial score (nSPS) is 10.8. The van der Waals surface area contributed by atoms with E-state index in [2.05, 4.69) is 10.4 Å². The van der Waals surface area contributed by atoms with Gasteiger partial charge in [0.15, 0.2) is 0 Å². The average Bonchev–Trinajstić information content (AvgIpc) is 2.72. The van der Waals surface area contributed by atoms with Gasteiger partial charge in [-0.3, -0.25) is 4.68 Å². The summed E-state index contributed by atoms with van der Waals surface area (Å²) >= 11 is 12.2. The van der Waals surface area contributed by atoms with Crippen molar-refractivity contribution in [3.05, 3.63) is 51.8 Å². The van der Waals surface area contributed by atoms with Gasteiger partial charge in [0, 0.05) is 33.9 Å². The number of nitrogens with zero attached hydrogens (tertiary/aromatic N) is 2. The Bertz CT molecular complexity index is 488. The van der Waals surface area contributed by atoms with E-state index in [9.17, 15) is 0 Å². The molecule has 0 spiro atoms. The van der Waals surface area contributed by atoms with Gasteiger partial charge in [-0.15, -0.1) is 0 Å². The first-order valence-corrected chi connectivity index (χ1v) is 6.05. The van der Waals surface area contributed by atoms with Gasteiger partial charge in [0.1, 0.15) is 0 Å². The van der Waals surface area contributed by atoms with Crippen LogP contribution in [-0.2, 0) is 13.1 Å². The van der Waals surface area contributed by atoms with Crippen LogP contribution in [0.3, 0.4) is 0 Å². The molecular weight excluding hydrogens is 257 g/mol. The van der Waals surface area contributed by atoms with Crippen LogP contribution >= 0.6 is 23.2 Å². The van der Waals surface area contributed by atoms with E-state index in [1.807, 2.05) is 42.3 Å². The van der Waals surface area contributed by atoms with Crippen LogP contribution in [0.2, 0.25) is 10.0 Å². The molecule has 1 heterocycles. The van der Waals surface area contributed by atoms with E-state index < -0.39 is 0 Å². The Balaban J connectivity index is 2.19. The molecule has 0 aliphatic rings. The molecule has 0 aliphatic carbocycles. The first-order valence-electron chi connectivity index (χ1n) is 5.29.